The molecule has 2 N–H and O–H groups in total. The van der Waals surface area contributed by atoms with Crippen molar-refractivity contribution in [1.82, 2.24) is 10.3 Å². The van der Waals surface area contributed by atoms with Crippen LogP contribution in [0.2, 0.25) is 0 Å². The van der Waals surface area contributed by atoms with Crippen molar-refractivity contribution in [1.29, 1.82) is 0 Å². The van der Waals surface area contributed by atoms with Crippen molar-refractivity contribution in [3.05, 3.63) is 30.1 Å². The van der Waals surface area contributed by atoms with E-state index in [1.165, 1.54) is 25.7 Å². The Morgan fingerprint density at radius 2 is 2.00 bits per heavy atom. The SMILES string of the molecule is CCCCCC(C)NCC(O)c1ccncc1. The topological polar surface area (TPSA) is 45.1 Å². The first-order valence-corrected chi connectivity index (χ1v) is 6.55. The summed E-state index contributed by atoms with van der Waals surface area (Å²) in [7, 11) is 0. The molecular weight excluding hydrogens is 212 g/mol. The minimum absolute atomic E-state index is 0.438. The third kappa shape index (κ3) is 5.80. The van der Waals surface area contributed by atoms with E-state index in [4.69, 9.17) is 0 Å². The fourth-order valence-corrected chi connectivity index (χ4v) is 1.82. The molecule has 0 aromatic carbocycles. The third-order valence-electron chi connectivity index (χ3n) is 2.99. The number of nitrogens with one attached hydrogen (secondary N) is 1. The second-order valence-corrected chi connectivity index (χ2v) is 4.60. The van der Waals surface area contributed by atoms with Gasteiger partial charge in [-0.3, -0.25) is 4.98 Å². The summed E-state index contributed by atoms with van der Waals surface area (Å²) in [5, 5.41) is 13.3. The van der Waals surface area contributed by atoms with Crippen molar-refractivity contribution < 1.29 is 5.11 Å². The molecule has 2 atom stereocenters. The molecule has 0 spiro atoms. The summed E-state index contributed by atoms with van der Waals surface area (Å²) in [5.74, 6) is 0. The van der Waals surface area contributed by atoms with Crippen molar-refractivity contribution in [2.75, 3.05) is 6.54 Å². The van der Waals surface area contributed by atoms with Crippen LogP contribution < -0.4 is 5.32 Å². The second-order valence-electron chi connectivity index (χ2n) is 4.60. The molecule has 0 saturated carbocycles. The predicted molar refractivity (Wildman–Crippen MR) is 70.8 cm³/mol. The molecule has 0 aliphatic heterocycles. The molecule has 1 rings (SSSR count). The molecule has 2 unspecified atom stereocenters. The highest BCUT2D eigenvalue weighted by Gasteiger charge is 2.08. The molecule has 0 aliphatic rings. The fourth-order valence-electron chi connectivity index (χ4n) is 1.82. The van der Waals surface area contributed by atoms with Gasteiger partial charge in [0.05, 0.1) is 6.10 Å². The third-order valence-corrected chi connectivity index (χ3v) is 2.99. The van der Waals surface area contributed by atoms with Gasteiger partial charge in [-0.25, -0.2) is 0 Å². The first-order chi connectivity index (χ1) is 8.24. The van der Waals surface area contributed by atoms with Crippen molar-refractivity contribution in [2.45, 2.75) is 51.7 Å². The first kappa shape index (κ1) is 14.1. The molecule has 96 valence electrons. The molecule has 0 saturated heterocycles. The second kappa shape index (κ2) is 8.20. The highest BCUT2D eigenvalue weighted by atomic mass is 16.3. The molecule has 0 fully saturated rings. The maximum absolute atomic E-state index is 9.95. The van der Waals surface area contributed by atoms with Crippen LogP contribution in [0.15, 0.2) is 24.5 Å². The monoisotopic (exact) mass is 236 g/mol. The van der Waals surface area contributed by atoms with E-state index < -0.39 is 6.10 Å². The van der Waals surface area contributed by atoms with Gasteiger partial charge in [-0.1, -0.05) is 26.2 Å². The summed E-state index contributed by atoms with van der Waals surface area (Å²) in [6.45, 7) is 5.00. The zero-order chi connectivity index (χ0) is 12.5. The van der Waals surface area contributed by atoms with Crippen LogP contribution in [0.25, 0.3) is 0 Å². The van der Waals surface area contributed by atoms with Crippen LogP contribution in [0, 0.1) is 0 Å². The molecule has 0 bridgehead atoms. The van der Waals surface area contributed by atoms with E-state index >= 15 is 0 Å². The summed E-state index contributed by atoms with van der Waals surface area (Å²) in [5.41, 5.74) is 0.924. The Bertz CT molecular complexity index is 290. The molecule has 0 radical (unpaired) electrons. The lowest BCUT2D eigenvalue weighted by Crippen LogP contribution is -2.30. The normalized spacial score (nSPS) is 14.5. The Morgan fingerprint density at radius 3 is 2.65 bits per heavy atom. The average Bonchev–Trinajstić information content (AvgIpc) is 2.37. The summed E-state index contributed by atoms with van der Waals surface area (Å²) in [4.78, 5) is 3.94. The molecule has 3 nitrogen and oxygen atoms in total. The van der Waals surface area contributed by atoms with Crippen LogP contribution in [0.3, 0.4) is 0 Å². The minimum Gasteiger partial charge on any atom is -0.387 e. The number of hydrogen-bond donors (Lipinski definition) is 2. The summed E-state index contributed by atoms with van der Waals surface area (Å²) >= 11 is 0. The lowest BCUT2D eigenvalue weighted by Gasteiger charge is -2.17. The van der Waals surface area contributed by atoms with Crippen LogP contribution >= 0.6 is 0 Å². The lowest BCUT2D eigenvalue weighted by atomic mass is 10.1. The van der Waals surface area contributed by atoms with Crippen LogP contribution in [-0.2, 0) is 0 Å². The number of nitrogens with zero attached hydrogens (tertiary/aromatic N) is 1. The number of hydrogen-bond acceptors (Lipinski definition) is 3. The highest BCUT2D eigenvalue weighted by Crippen LogP contribution is 2.10. The van der Waals surface area contributed by atoms with Crippen LogP contribution in [0.5, 0.6) is 0 Å². The van der Waals surface area contributed by atoms with Gasteiger partial charge in [0.15, 0.2) is 0 Å². The standard InChI is InChI=1S/C14H24N2O/c1-3-4-5-6-12(2)16-11-14(17)13-7-9-15-10-8-13/h7-10,12,14,16-17H,3-6,11H2,1-2H3. The molecule has 1 aromatic rings. The Labute approximate surface area is 104 Å². The minimum atomic E-state index is -0.438. The zero-order valence-corrected chi connectivity index (χ0v) is 10.9. The molecular formula is C14H24N2O. The molecule has 0 aliphatic carbocycles. The van der Waals surface area contributed by atoms with Gasteiger partial charge in [0.2, 0.25) is 0 Å². The van der Waals surface area contributed by atoms with E-state index in [2.05, 4.69) is 24.1 Å². The summed E-state index contributed by atoms with van der Waals surface area (Å²) < 4.78 is 0. The van der Waals surface area contributed by atoms with Gasteiger partial charge < -0.3 is 10.4 Å². The van der Waals surface area contributed by atoms with Gasteiger partial charge in [-0.05, 0) is 31.0 Å². The van der Waals surface area contributed by atoms with Gasteiger partial charge >= 0.3 is 0 Å². The van der Waals surface area contributed by atoms with Gasteiger partial charge in [0.1, 0.15) is 0 Å². The van der Waals surface area contributed by atoms with E-state index in [0.717, 1.165) is 5.56 Å². The number of aliphatic hydroxyl groups excluding tert-OH is 1. The number of pyridine rings is 1. The maximum Gasteiger partial charge on any atom is 0.0915 e. The summed E-state index contributed by atoms with van der Waals surface area (Å²) in [6, 6.07) is 4.18. The largest absolute Gasteiger partial charge is 0.387 e. The van der Waals surface area contributed by atoms with Crippen molar-refractivity contribution in [3.8, 4) is 0 Å². The van der Waals surface area contributed by atoms with Gasteiger partial charge in [0.25, 0.3) is 0 Å². The Morgan fingerprint density at radius 1 is 1.29 bits per heavy atom. The molecule has 3 heteroatoms. The Hall–Kier alpha value is -0.930. The molecule has 0 amide bonds. The van der Waals surface area contributed by atoms with Crippen LogP contribution in [-0.4, -0.2) is 22.7 Å². The number of rotatable bonds is 8. The lowest BCUT2D eigenvalue weighted by molar-refractivity contribution is 0.169. The smallest absolute Gasteiger partial charge is 0.0915 e. The zero-order valence-electron chi connectivity index (χ0n) is 10.9. The van der Waals surface area contributed by atoms with Crippen molar-refractivity contribution >= 4 is 0 Å². The molecule has 1 aromatic heterocycles. The first-order valence-electron chi connectivity index (χ1n) is 6.55. The van der Waals surface area contributed by atoms with Crippen LogP contribution in [0.4, 0.5) is 0 Å². The van der Waals surface area contributed by atoms with Gasteiger partial charge in [-0.15, -0.1) is 0 Å². The maximum atomic E-state index is 9.95. The predicted octanol–water partition coefficient (Wildman–Crippen LogP) is 2.67. The average molecular weight is 236 g/mol. The van der Waals surface area contributed by atoms with Gasteiger partial charge in [0, 0.05) is 25.0 Å². The van der Waals surface area contributed by atoms with E-state index in [1.807, 2.05) is 12.1 Å². The fraction of sp³-hybridized carbons (Fsp3) is 0.643. The molecule has 17 heavy (non-hydrogen) atoms. The van der Waals surface area contributed by atoms with Crippen LogP contribution in [0.1, 0.15) is 51.2 Å². The number of aromatic nitrogens is 1. The quantitative estimate of drug-likeness (QED) is 0.682. The highest BCUT2D eigenvalue weighted by molar-refractivity contribution is 5.13. The molecule has 1 heterocycles. The Kier molecular flexibility index (Phi) is 6.82. The number of aliphatic hydroxyl groups is 1. The van der Waals surface area contributed by atoms with E-state index in [-0.39, 0.29) is 0 Å². The van der Waals surface area contributed by atoms with E-state index in [9.17, 15) is 5.11 Å². The van der Waals surface area contributed by atoms with E-state index in [0.29, 0.717) is 12.6 Å². The number of unbranched alkanes of at least 4 members (excludes halogenated alkanes) is 2. The van der Waals surface area contributed by atoms with Gasteiger partial charge in [-0.2, -0.15) is 0 Å². The van der Waals surface area contributed by atoms with Crippen molar-refractivity contribution in [2.24, 2.45) is 0 Å². The Balaban J connectivity index is 2.21. The van der Waals surface area contributed by atoms with E-state index in [1.54, 1.807) is 12.4 Å². The summed E-state index contributed by atoms with van der Waals surface area (Å²) in [6.07, 6.45) is 7.97. The van der Waals surface area contributed by atoms with Crippen molar-refractivity contribution in [3.63, 3.8) is 0 Å².